The largest absolute Gasteiger partial charge is 0.497 e. The summed E-state index contributed by atoms with van der Waals surface area (Å²) in [4.78, 5) is 10.8. The number of methoxy groups -OCH3 is 2. The second-order valence-electron chi connectivity index (χ2n) is 6.93. The Bertz CT molecular complexity index is 835. The number of fused-ring (bicyclic) bond motifs is 1. The van der Waals surface area contributed by atoms with Crippen LogP contribution >= 0.6 is 0 Å². The maximum absolute atomic E-state index is 5.40. The lowest BCUT2D eigenvalue weighted by Crippen LogP contribution is -2.34. The molecule has 0 bridgehead atoms. The van der Waals surface area contributed by atoms with Gasteiger partial charge < -0.3 is 14.5 Å². The molecule has 2 aromatic carbocycles. The van der Waals surface area contributed by atoms with Crippen molar-refractivity contribution >= 4 is 11.0 Å². The minimum atomic E-state index is 0.448. The van der Waals surface area contributed by atoms with E-state index in [9.17, 15) is 0 Å². The first-order valence-electron chi connectivity index (χ1n) is 9.14. The van der Waals surface area contributed by atoms with Gasteiger partial charge in [0, 0.05) is 25.1 Å². The van der Waals surface area contributed by atoms with Crippen LogP contribution in [0.15, 0.2) is 42.5 Å². The summed E-state index contributed by atoms with van der Waals surface area (Å²) in [6.45, 7) is 3.01. The predicted octanol–water partition coefficient (Wildman–Crippen LogP) is 3.96. The van der Waals surface area contributed by atoms with Crippen LogP contribution in [0, 0.1) is 0 Å². The van der Waals surface area contributed by atoms with Crippen molar-refractivity contribution in [1.82, 2.24) is 14.9 Å². The maximum atomic E-state index is 5.40. The van der Waals surface area contributed by atoms with Gasteiger partial charge in [0.2, 0.25) is 0 Å². The number of benzene rings is 2. The standard InChI is InChI=1S/C21H25N3O2/c1-25-17-10-15(11-18(12-17)26-2)13-24-9-5-6-16(14-24)21-22-19-7-3-4-8-20(19)23-21/h3-4,7-8,10-12,16H,5-6,9,13-14H2,1-2H3,(H,22,23)/t16-/m1/s1. The summed E-state index contributed by atoms with van der Waals surface area (Å²) in [6, 6.07) is 14.3. The van der Waals surface area contributed by atoms with Crippen molar-refractivity contribution in [2.45, 2.75) is 25.3 Å². The molecule has 0 spiro atoms. The molecule has 26 heavy (non-hydrogen) atoms. The van der Waals surface area contributed by atoms with Crippen LogP contribution in [-0.4, -0.2) is 42.2 Å². The molecule has 1 fully saturated rings. The fraction of sp³-hybridized carbons (Fsp3) is 0.381. The van der Waals surface area contributed by atoms with Gasteiger partial charge in [-0.05, 0) is 49.2 Å². The second kappa shape index (κ2) is 7.38. The highest BCUT2D eigenvalue weighted by molar-refractivity contribution is 5.74. The van der Waals surface area contributed by atoms with Crippen molar-refractivity contribution in [2.75, 3.05) is 27.3 Å². The van der Waals surface area contributed by atoms with Crippen molar-refractivity contribution in [3.8, 4) is 11.5 Å². The van der Waals surface area contributed by atoms with Crippen LogP contribution in [-0.2, 0) is 6.54 Å². The Labute approximate surface area is 153 Å². The van der Waals surface area contributed by atoms with Crippen molar-refractivity contribution < 1.29 is 9.47 Å². The van der Waals surface area contributed by atoms with Crippen LogP contribution < -0.4 is 9.47 Å². The molecule has 1 N–H and O–H groups in total. The van der Waals surface area contributed by atoms with Gasteiger partial charge in [-0.15, -0.1) is 0 Å². The van der Waals surface area contributed by atoms with Crippen molar-refractivity contribution in [3.63, 3.8) is 0 Å². The topological polar surface area (TPSA) is 50.4 Å². The van der Waals surface area contributed by atoms with Crippen LogP contribution in [0.2, 0.25) is 0 Å². The van der Waals surface area contributed by atoms with E-state index in [1.807, 2.05) is 18.2 Å². The Morgan fingerprint density at radius 3 is 2.62 bits per heavy atom. The molecule has 4 rings (SSSR count). The summed E-state index contributed by atoms with van der Waals surface area (Å²) in [7, 11) is 3.38. The smallest absolute Gasteiger partial charge is 0.122 e. The first-order valence-corrected chi connectivity index (χ1v) is 9.14. The number of hydrogen-bond donors (Lipinski definition) is 1. The molecule has 1 aliphatic heterocycles. The minimum absolute atomic E-state index is 0.448. The van der Waals surface area contributed by atoms with Gasteiger partial charge in [0.1, 0.15) is 17.3 Å². The summed E-state index contributed by atoms with van der Waals surface area (Å²) in [5.41, 5.74) is 3.39. The van der Waals surface area contributed by atoms with Crippen LogP contribution in [0.25, 0.3) is 11.0 Å². The number of imidazole rings is 1. The average molecular weight is 351 g/mol. The molecule has 0 saturated carbocycles. The summed E-state index contributed by atoms with van der Waals surface area (Å²) in [6.07, 6.45) is 2.36. The third kappa shape index (κ3) is 3.53. The molecule has 5 heteroatoms. The molecular formula is C21H25N3O2. The van der Waals surface area contributed by atoms with Gasteiger partial charge in [-0.3, -0.25) is 4.90 Å². The Kier molecular flexibility index (Phi) is 4.80. The van der Waals surface area contributed by atoms with Gasteiger partial charge in [0.25, 0.3) is 0 Å². The summed E-state index contributed by atoms with van der Waals surface area (Å²) >= 11 is 0. The van der Waals surface area contributed by atoms with E-state index in [0.29, 0.717) is 5.92 Å². The zero-order valence-electron chi connectivity index (χ0n) is 15.4. The highest BCUT2D eigenvalue weighted by Crippen LogP contribution is 2.29. The molecule has 0 amide bonds. The third-order valence-electron chi connectivity index (χ3n) is 5.12. The number of hydrogen-bond acceptors (Lipinski definition) is 4. The summed E-state index contributed by atoms with van der Waals surface area (Å²) in [5, 5.41) is 0. The number of ether oxygens (including phenoxy) is 2. The van der Waals surface area contributed by atoms with Crippen LogP contribution in [0.4, 0.5) is 0 Å². The van der Waals surface area contributed by atoms with E-state index >= 15 is 0 Å². The number of likely N-dealkylation sites (tertiary alicyclic amines) is 1. The lowest BCUT2D eigenvalue weighted by Gasteiger charge is -2.32. The summed E-state index contributed by atoms with van der Waals surface area (Å²) < 4.78 is 10.8. The molecule has 1 aromatic heterocycles. The number of nitrogens with zero attached hydrogens (tertiary/aromatic N) is 2. The highest BCUT2D eigenvalue weighted by atomic mass is 16.5. The van der Waals surface area contributed by atoms with Gasteiger partial charge in [-0.2, -0.15) is 0 Å². The molecule has 1 saturated heterocycles. The zero-order valence-corrected chi connectivity index (χ0v) is 15.4. The molecule has 136 valence electrons. The molecule has 1 atom stereocenters. The van der Waals surface area contributed by atoms with Crippen molar-refractivity contribution in [3.05, 3.63) is 53.9 Å². The Balaban J connectivity index is 1.50. The predicted molar refractivity (Wildman–Crippen MR) is 103 cm³/mol. The molecule has 5 nitrogen and oxygen atoms in total. The molecule has 0 radical (unpaired) electrons. The lowest BCUT2D eigenvalue weighted by atomic mass is 9.97. The van der Waals surface area contributed by atoms with Gasteiger partial charge in [-0.1, -0.05) is 12.1 Å². The Morgan fingerprint density at radius 2 is 1.88 bits per heavy atom. The van der Waals surface area contributed by atoms with Gasteiger partial charge >= 0.3 is 0 Å². The monoisotopic (exact) mass is 351 g/mol. The number of piperidine rings is 1. The van der Waals surface area contributed by atoms with Gasteiger partial charge in [0.05, 0.1) is 25.3 Å². The lowest BCUT2D eigenvalue weighted by molar-refractivity contribution is 0.196. The fourth-order valence-electron chi connectivity index (χ4n) is 3.80. The number of H-pyrrole nitrogens is 1. The number of aromatic amines is 1. The normalized spacial score (nSPS) is 18.2. The summed E-state index contributed by atoms with van der Waals surface area (Å²) in [5.74, 6) is 3.23. The van der Waals surface area contributed by atoms with Crippen LogP contribution in [0.3, 0.4) is 0 Å². The molecule has 3 aromatic rings. The van der Waals surface area contributed by atoms with E-state index in [1.54, 1.807) is 14.2 Å². The first-order chi connectivity index (χ1) is 12.7. The molecular weight excluding hydrogens is 326 g/mol. The quantitative estimate of drug-likeness (QED) is 0.756. The molecule has 1 aliphatic rings. The number of rotatable bonds is 5. The number of nitrogens with one attached hydrogen (secondary N) is 1. The Morgan fingerprint density at radius 1 is 1.12 bits per heavy atom. The van der Waals surface area contributed by atoms with Gasteiger partial charge in [0.15, 0.2) is 0 Å². The van der Waals surface area contributed by atoms with Crippen LogP contribution in [0.1, 0.15) is 30.1 Å². The second-order valence-corrected chi connectivity index (χ2v) is 6.93. The zero-order chi connectivity index (χ0) is 17.9. The third-order valence-corrected chi connectivity index (χ3v) is 5.12. The average Bonchev–Trinajstić information content (AvgIpc) is 3.12. The van der Waals surface area contributed by atoms with E-state index in [-0.39, 0.29) is 0 Å². The van der Waals surface area contributed by atoms with E-state index < -0.39 is 0 Å². The van der Waals surface area contributed by atoms with E-state index in [2.05, 4.69) is 34.1 Å². The maximum Gasteiger partial charge on any atom is 0.122 e. The van der Waals surface area contributed by atoms with Crippen LogP contribution in [0.5, 0.6) is 11.5 Å². The highest BCUT2D eigenvalue weighted by Gasteiger charge is 2.24. The van der Waals surface area contributed by atoms with E-state index in [0.717, 1.165) is 48.0 Å². The van der Waals surface area contributed by atoms with Crippen molar-refractivity contribution in [2.24, 2.45) is 0 Å². The fourth-order valence-corrected chi connectivity index (χ4v) is 3.80. The van der Waals surface area contributed by atoms with E-state index in [1.165, 1.54) is 18.4 Å². The molecule has 2 heterocycles. The molecule has 0 unspecified atom stereocenters. The number of aromatic nitrogens is 2. The number of para-hydroxylation sites is 2. The van der Waals surface area contributed by atoms with Crippen molar-refractivity contribution in [1.29, 1.82) is 0 Å². The SMILES string of the molecule is COc1cc(CN2CCC[C@@H](c3nc4ccccc4[nH]3)C2)cc(OC)c1. The Hall–Kier alpha value is -2.53. The van der Waals surface area contributed by atoms with E-state index in [4.69, 9.17) is 14.5 Å². The molecule has 0 aliphatic carbocycles. The first kappa shape index (κ1) is 16.9. The van der Waals surface area contributed by atoms with Gasteiger partial charge in [-0.25, -0.2) is 4.98 Å². The minimum Gasteiger partial charge on any atom is -0.497 e.